The second-order valence-electron chi connectivity index (χ2n) is 7.12. The van der Waals surface area contributed by atoms with E-state index in [0.29, 0.717) is 22.2 Å². The van der Waals surface area contributed by atoms with Gasteiger partial charge in [0.2, 0.25) is 5.28 Å². The first-order chi connectivity index (χ1) is 14.9. The van der Waals surface area contributed by atoms with E-state index >= 15 is 0 Å². The summed E-state index contributed by atoms with van der Waals surface area (Å²) in [6.07, 6.45) is 1.44. The summed E-state index contributed by atoms with van der Waals surface area (Å²) in [4.78, 5) is 25.0. The number of aromatic nitrogens is 3. The zero-order valence-electron chi connectivity index (χ0n) is 16.9. The van der Waals surface area contributed by atoms with Crippen LogP contribution in [0.4, 0.5) is 11.5 Å². The number of fused-ring (bicyclic) bond motifs is 1. The molecule has 0 saturated carbocycles. The molecule has 31 heavy (non-hydrogen) atoms. The first kappa shape index (κ1) is 21.0. The van der Waals surface area contributed by atoms with E-state index in [1.807, 2.05) is 56.3 Å². The number of hydrogen-bond donors (Lipinski definition) is 2. The van der Waals surface area contributed by atoms with Crippen LogP contribution in [-0.4, -0.2) is 20.9 Å². The Balaban J connectivity index is 1.49. The molecule has 1 atom stereocenters. The van der Waals surface area contributed by atoms with Crippen LogP contribution in [0.3, 0.4) is 0 Å². The highest BCUT2D eigenvalue weighted by molar-refractivity contribution is 6.29. The first-order valence-corrected chi connectivity index (χ1v) is 10.4. The Bertz CT molecular complexity index is 1240. The molecule has 0 radical (unpaired) electrons. The van der Waals surface area contributed by atoms with Crippen LogP contribution in [0.2, 0.25) is 10.4 Å². The number of carbonyl (C=O) groups excluding carboxylic acids is 1. The Kier molecular flexibility index (Phi) is 6.02. The Hall–Kier alpha value is -3.22. The van der Waals surface area contributed by atoms with Crippen molar-refractivity contribution in [2.45, 2.75) is 19.9 Å². The normalized spacial score (nSPS) is 11.9. The molecule has 1 amide bonds. The molecule has 0 bridgehead atoms. The van der Waals surface area contributed by atoms with Gasteiger partial charge in [-0.3, -0.25) is 4.79 Å². The van der Waals surface area contributed by atoms with Crippen molar-refractivity contribution in [2.75, 3.05) is 10.6 Å². The standard InChI is InChI=1S/C23H19Cl2N5O/c1-13-4-3-5-18-20(13)29-23(25)30-21(18)27-14(2)15-6-9-17(10-7-15)28-22(31)16-8-11-19(24)26-12-16/h3-12,14H,1-2H3,(H,28,31)(H,27,29,30)/t14-/m1/s1. The van der Waals surface area contributed by atoms with Gasteiger partial charge in [-0.05, 0) is 66.9 Å². The fourth-order valence-electron chi connectivity index (χ4n) is 3.24. The fraction of sp³-hybridized carbons (Fsp3) is 0.130. The lowest BCUT2D eigenvalue weighted by atomic mass is 10.1. The van der Waals surface area contributed by atoms with Crippen LogP contribution in [0.5, 0.6) is 0 Å². The van der Waals surface area contributed by atoms with Crippen molar-refractivity contribution in [3.05, 3.63) is 87.9 Å². The Labute approximate surface area is 189 Å². The lowest BCUT2D eigenvalue weighted by molar-refractivity contribution is 0.102. The number of benzene rings is 2. The summed E-state index contributed by atoms with van der Waals surface area (Å²) in [5, 5.41) is 7.72. The van der Waals surface area contributed by atoms with Gasteiger partial charge in [-0.2, -0.15) is 0 Å². The number of para-hydroxylation sites is 1. The number of rotatable bonds is 5. The molecule has 0 aliphatic rings. The number of pyridine rings is 1. The Morgan fingerprint density at radius 3 is 2.48 bits per heavy atom. The molecule has 0 fully saturated rings. The molecule has 0 aliphatic heterocycles. The highest BCUT2D eigenvalue weighted by Crippen LogP contribution is 2.28. The van der Waals surface area contributed by atoms with E-state index in [2.05, 4.69) is 25.6 Å². The number of anilines is 2. The second kappa shape index (κ2) is 8.88. The number of nitrogens with one attached hydrogen (secondary N) is 2. The predicted octanol–water partition coefficient (Wildman–Crippen LogP) is 6.07. The molecule has 8 heteroatoms. The van der Waals surface area contributed by atoms with E-state index in [4.69, 9.17) is 23.2 Å². The average Bonchev–Trinajstić information content (AvgIpc) is 2.75. The summed E-state index contributed by atoms with van der Waals surface area (Å²) >= 11 is 11.9. The molecule has 156 valence electrons. The number of nitrogens with zero attached hydrogens (tertiary/aromatic N) is 3. The van der Waals surface area contributed by atoms with E-state index in [-0.39, 0.29) is 17.2 Å². The molecule has 0 spiro atoms. The monoisotopic (exact) mass is 451 g/mol. The maximum atomic E-state index is 12.3. The molecule has 2 aromatic heterocycles. The minimum Gasteiger partial charge on any atom is -0.363 e. The van der Waals surface area contributed by atoms with Crippen molar-refractivity contribution in [1.82, 2.24) is 15.0 Å². The van der Waals surface area contributed by atoms with Crippen LogP contribution in [0.1, 0.15) is 34.5 Å². The SMILES string of the molecule is Cc1cccc2c(N[C@H](C)c3ccc(NC(=O)c4ccc(Cl)nc4)cc3)nc(Cl)nc12. The lowest BCUT2D eigenvalue weighted by Crippen LogP contribution is -2.12. The van der Waals surface area contributed by atoms with Gasteiger partial charge in [0.1, 0.15) is 11.0 Å². The third-order valence-corrected chi connectivity index (χ3v) is 5.30. The molecule has 4 aromatic rings. The van der Waals surface area contributed by atoms with Crippen molar-refractivity contribution >= 4 is 51.5 Å². The molecular formula is C23H19Cl2N5O. The zero-order valence-corrected chi connectivity index (χ0v) is 18.4. The van der Waals surface area contributed by atoms with Gasteiger partial charge in [0.25, 0.3) is 5.91 Å². The molecule has 2 aromatic carbocycles. The van der Waals surface area contributed by atoms with Gasteiger partial charge in [0.15, 0.2) is 0 Å². The maximum absolute atomic E-state index is 12.3. The molecule has 2 heterocycles. The third-order valence-electron chi connectivity index (χ3n) is 4.91. The van der Waals surface area contributed by atoms with Crippen molar-refractivity contribution in [2.24, 2.45) is 0 Å². The third kappa shape index (κ3) is 4.76. The molecule has 4 rings (SSSR count). The summed E-state index contributed by atoms with van der Waals surface area (Å²) in [5.74, 6) is 0.430. The van der Waals surface area contributed by atoms with Gasteiger partial charge in [-0.15, -0.1) is 0 Å². The van der Waals surface area contributed by atoms with E-state index < -0.39 is 0 Å². The van der Waals surface area contributed by atoms with Gasteiger partial charge in [-0.25, -0.2) is 15.0 Å². The average molecular weight is 452 g/mol. The molecule has 2 N–H and O–H groups in total. The van der Waals surface area contributed by atoms with Gasteiger partial charge in [0.05, 0.1) is 11.1 Å². The molecule has 0 aliphatic carbocycles. The van der Waals surface area contributed by atoms with Crippen LogP contribution in [0, 0.1) is 6.92 Å². The first-order valence-electron chi connectivity index (χ1n) is 9.63. The Morgan fingerprint density at radius 2 is 1.77 bits per heavy atom. The molecule has 0 saturated heterocycles. The van der Waals surface area contributed by atoms with E-state index in [9.17, 15) is 4.79 Å². The van der Waals surface area contributed by atoms with Crippen LogP contribution in [-0.2, 0) is 0 Å². The number of hydrogen-bond acceptors (Lipinski definition) is 5. The van der Waals surface area contributed by atoms with E-state index in [1.165, 1.54) is 6.20 Å². The summed E-state index contributed by atoms with van der Waals surface area (Å²) in [6, 6.07) is 16.7. The smallest absolute Gasteiger partial charge is 0.257 e. The highest BCUT2D eigenvalue weighted by atomic mass is 35.5. The van der Waals surface area contributed by atoms with Gasteiger partial charge in [-0.1, -0.05) is 35.9 Å². The summed E-state index contributed by atoms with van der Waals surface area (Å²) in [5.41, 5.74) is 4.01. The summed E-state index contributed by atoms with van der Waals surface area (Å²) in [6.45, 7) is 4.02. The maximum Gasteiger partial charge on any atom is 0.257 e. The van der Waals surface area contributed by atoms with Crippen LogP contribution in [0.15, 0.2) is 60.8 Å². The largest absolute Gasteiger partial charge is 0.363 e. The number of aryl methyl sites for hydroxylation is 1. The van der Waals surface area contributed by atoms with Gasteiger partial charge in [0, 0.05) is 23.3 Å². The lowest BCUT2D eigenvalue weighted by Gasteiger charge is -2.17. The van der Waals surface area contributed by atoms with Crippen molar-refractivity contribution in [3.63, 3.8) is 0 Å². The second-order valence-corrected chi connectivity index (χ2v) is 7.85. The quantitative estimate of drug-likeness (QED) is 0.284. The summed E-state index contributed by atoms with van der Waals surface area (Å²) < 4.78 is 0. The number of carbonyl (C=O) groups is 1. The minimum atomic E-state index is -0.249. The van der Waals surface area contributed by atoms with Crippen molar-refractivity contribution in [3.8, 4) is 0 Å². The van der Waals surface area contributed by atoms with E-state index in [1.54, 1.807) is 12.1 Å². The number of amides is 1. The topological polar surface area (TPSA) is 79.8 Å². The Morgan fingerprint density at radius 1 is 1.00 bits per heavy atom. The van der Waals surface area contributed by atoms with E-state index in [0.717, 1.165) is 22.0 Å². The molecule has 0 unspecified atom stereocenters. The van der Waals surface area contributed by atoms with Crippen LogP contribution in [0.25, 0.3) is 10.9 Å². The predicted molar refractivity (Wildman–Crippen MR) is 125 cm³/mol. The van der Waals surface area contributed by atoms with Gasteiger partial charge < -0.3 is 10.6 Å². The van der Waals surface area contributed by atoms with Crippen LogP contribution >= 0.6 is 23.2 Å². The zero-order chi connectivity index (χ0) is 22.0. The molecule has 6 nitrogen and oxygen atoms in total. The van der Waals surface area contributed by atoms with Gasteiger partial charge >= 0.3 is 0 Å². The highest BCUT2D eigenvalue weighted by Gasteiger charge is 2.13. The minimum absolute atomic E-state index is 0.0418. The van der Waals surface area contributed by atoms with Crippen LogP contribution < -0.4 is 10.6 Å². The summed E-state index contributed by atoms with van der Waals surface area (Å²) in [7, 11) is 0. The number of halogens is 2. The van der Waals surface area contributed by atoms with Crippen molar-refractivity contribution in [1.29, 1.82) is 0 Å². The molecular weight excluding hydrogens is 433 g/mol. The fourth-order valence-corrected chi connectivity index (χ4v) is 3.52. The van der Waals surface area contributed by atoms with Crippen molar-refractivity contribution < 1.29 is 4.79 Å².